The first kappa shape index (κ1) is 19.5. The van der Waals surface area contributed by atoms with Crippen molar-refractivity contribution in [3.63, 3.8) is 0 Å². The van der Waals surface area contributed by atoms with Crippen LogP contribution in [0.4, 0.5) is 4.39 Å². The van der Waals surface area contributed by atoms with E-state index in [4.69, 9.17) is 4.98 Å². The van der Waals surface area contributed by atoms with Gasteiger partial charge in [0.15, 0.2) is 0 Å². The summed E-state index contributed by atoms with van der Waals surface area (Å²) >= 11 is 3.16. The van der Waals surface area contributed by atoms with Crippen LogP contribution in [0.1, 0.15) is 38.1 Å². The maximum Gasteiger partial charge on any atom is 0.261 e. The summed E-state index contributed by atoms with van der Waals surface area (Å²) in [4.78, 5) is 22.4. The first-order valence-electron chi connectivity index (χ1n) is 9.20. The van der Waals surface area contributed by atoms with Crippen LogP contribution >= 0.6 is 15.9 Å². The highest BCUT2D eigenvalue weighted by Gasteiger charge is 2.26. The van der Waals surface area contributed by atoms with Gasteiger partial charge in [-0.1, -0.05) is 13.3 Å². The van der Waals surface area contributed by atoms with Gasteiger partial charge in [-0.2, -0.15) is 0 Å². The van der Waals surface area contributed by atoms with Gasteiger partial charge in [-0.3, -0.25) is 14.3 Å². The molecule has 1 atom stereocenters. The molecule has 0 N–H and O–H groups in total. The number of rotatable bonds is 4. The summed E-state index contributed by atoms with van der Waals surface area (Å²) in [6, 6.07) is 2.95. The van der Waals surface area contributed by atoms with Crippen LogP contribution in [0.3, 0.4) is 0 Å². The topological polar surface area (TPSA) is 41.4 Å². The molecule has 5 nitrogen and oxygen atoms in total. The van der Waals surface area contributed by atoms with Crippen LogP contribution in [0.15, 0.2) is 21.4 Å². The molecule has 0 aliphatic carbocycles. The average molecular weight is 425 g/mol. The number of benzene rings is 1. The van der Waals surface area contributed by atoms with E-state index in [-0.39, 0.29) is 16.1 Å². The van der Waals surface area contributed by atoms with Crippen LogP contribution < -0.4 is 5.56 Å². The SMILES string of the molecule is CCCC(c1nc2cc(F)c(Br)cc2c(=O)n1C)N1CCCN(C)CC1. The molecule has 0 saturated carbocycles. The normalized spacial score (nSPS) is 18.2. The molecular weight excluding hydrogens is 399 g/mol. The Hall–Kier alpha value is -1.31. The molecule has 1 fully saturated rings. The van der Waals surface area contributed by atoms with Gasteiger partial charge in [0.2, 0.25) is 0 Å². The van der Waals surface area contributed by atoms with Crippen LogP contribution in [-0.2, 0) is 7.05 Å². The molecule has 2 aromatic rings. The van der Waals surface area contributed by atoms with E-state index in [0.29, 0.717) is 10.9 Å². The van der Waals surface area contributed by atoms with E-state index >= 15 is 0 Å². The smallest absolute Gasteiger partial charge is 0.261 e. The summed E-state index contributed by atoms with van der Waals surface area (Å²) in [6.07, 6.45) is 3.02. The molecule has 1 saturated heterocycles. The summed E-state index contributed by atoms with van der Waals surface area (Å²) in [5.41, 5.74) is 0.301. The largest absolute Gasteiger partial charge is 0.305 e. The molecular formula is C19H26BrFN4O. The van der Waals surface area contributed by atoms with Gasteiger partial charge in [0.05, 0.1) is 21.4 Å². The quantitative estimate of drug-likeness (QED) is 0.754. The van der Waals surface area contributed by atoms with Crippen molar-refractivity contribution in [1.29, 1.82) is 0 Å². The standard InChI is InChI=1S/C19H26BrFN4O/c1-4-6-17(25-8-5-7-23(2)9-10-25)18-22-16-12-15(21)14(20)11-13(16)19(26)24(18)3/h11-12,17H,4-10H2,1-3H3. The van der Waals surface area contributed by atoms with Gasteiger partial charge in [-0.15, -0.1) is 0 Å². The Labute approximate surface area is 161 Å². The van der Waals surface area contributed by atoms with Crippen molar-refractivity contribution in [2.24, 2.45) is 7.05 Å². The monoisotopic (exact) mass is 424 g/mol. The summed E-state index contributed by atoms with van der Waals surface area (Å²) in [6.45, 7) is 6.16. The summed E-state index contributed by atoms with van der Waals surface area (Å²) in [5, 5.41) is 0.440. The molecule has 1 aromatic heterocycles. The molecule has 1 unspecified atom stereocenters. The van der Waals surface area contributed by atoms with Crippen molar-refractivity contribution in [1.82, 2.24) is 19.4 Å². The molecule has 1 aliphatic heterocycles. The predicted molar refractivity (Wildman–Crippen MR) is 106 cm³/mol. The Balaban J connectivity index is 2.09. The number of fused-ring (bicyclic) bond motifs is 1. The van der Waals surface area contributed by atoms with Gasteiger partial charge < -0.3 is 4.90 Å². The summed E-state index contributed by atoms with van der Waals surface area (Å²) in [5.74, 6) is 0.336. The molecule has 0 amide bonds. The van der Waals surface area contributed by atoms with E-state index in [0.717, 1.165) is 51.3 Å². The second-order valence-electron chi connectivity index (χ2n) is 7.11. The van der Waals surface area contributed by atoms with Crippen molar-refractivity contribution >= 4 is 26.8 Å². The lowest BCUT2D eigenvalue weighted by Crippen LogP contribution is -2.36. The van der Waals surface area contributed by atoms with Crippen molar-refractivity contribution in [3.05, 3.63) is 38.6 Å². The van der Waals surface area contributed by atoms with E-state index in [2.05, 4.69) is 39.7 Å². The van der Waals surface area contributed by atoms with Gasteiger partial charge in [0.1, 0.15) is 11.6 Å². The van der Waals surface area contributed by atoms with E-state index in [1.165, 1.54) is 12.1 Å². The van der Waals surface area contributed by atoms with Crippen molar-refractivity contribution in [2.75, 3.05) is 33.2 Å². The fourth-order valence-electron chi connectivity index (χ4n) is 3.71. The molecule has 0 bridgehead atoms. The molecule has 142 valence electrons. The molecule has 1 aliphatic rings. The van der Waals surface area contributed by atoms with Crippen LogP contribution in [0.2, 0.25) is 0 Å². The fourth-order valence-corrected chi connectivity index (χ4v) is 4.05. The van der Waals surface area contributed by atoms with Crippen molar-refractivity contribution < 1.29 is 4.39 Å². The highest BCUT2D eigenvalue weighted by molar-refractivity contribution is 9.10. The summed E-state index contributed by atoms with van der Waals surface area (Å²) < 4.78 is 15.9. The van der Waals surface area contributed by atoms with E-state index < -0.39 is 5.82 Å². The Kier molecular flexibility index (Phi) is 6.10. The number of aromatic nitrogens is 2. The van der Waals surface area contributed by atoms with Crippen LogP contribution in [0.25, 0.3) is 10.9 Å². The van der Waals surface area contributed by atoms with Gasteiger partial charge in [0, 0.05) is 32.7 Å². The third kappa shape index (κ3) is 3.85. The van der Waals surface area contributed by atoms with Crippen molar-refractivity contribution in [3.8, 4) is 0 Å². The maximum absolute atomic E-state index is 14.0. The van der Waals surface area contributed by atoms with E-state index in [1.54, 1.807) is 11.6 Å². The molecule has 0 radical (unpaired) electrons. The zero-order valence-electron chi connectivity index (χ0n) is 15.6. The lowest BCUT2D eigenvalue weighted by atomic mass is 10.1. The number of likely N-dealkylation sites (N-methyl/N-ethyl adjacent to an activating group) is 1. The number of halogens is 2. The minimum absolute atomic E-state index is 0.0697. The van der Waals surface area contributed by atoms with Crippen LogP contribution in [0.5, 0.6) is 0 Å². The Morgan fingerprint density at radius 3 is 2.73 bits per heavy atom. The third-order valence-electron chi connectivity index (χ3n) is 5.21. The molecule has 0 spiro atoms. The van der Waals surface area contributed by atoms with Gasteiger partial charge in [-0.25, -0.2) is 9.37 Å². The zero-order chi connectivity index (χ0) is 18.8. The number of nitrogens with zero attached hydrogens (tertiary/aromatic N) is 4. The van der Waals surface area contributed by atoms with Gasteiger partial charge in [0.25, 0.3) is 5.56 Å². The third-order valence-corrected chi connectivity index (χ3v) is 5.82. The molecule has 1 aromatic carbocycles. The first-order chi connectivity index (χ1) is 12.4. The fraction of sp³-hybridized carbons (Fsp3) is 0.579. The van der Waals surface area contributed by atoms with Crippen LogP contribution in [0, 0.1) is 5.82 Å². The zero-order valence-corrected chi connectivity index (χ0v) is 17.2. The Bertz CT molecular complexity index is 854. The average Bonchev–Trinajstić information content (AvgIpc) is 2.83. The van der Waals surface area contributed by atoms with Crippen molar-refractivity contribution in [2.45, 2.75) is 32.2 Å². The van der Waals surface area contributed by atoms with E-state index in [9.17, 15) is 9.18 Å². The van der Waals surface area contributed by atoms with Gasteiger partial charge in [-0.05, 0) is 48.4 Å². The number of hydrogen-bond acceptors (Lipinski definition) is 4. The minimum Gasteiger partial charge on any atom is -0.305 e. The second kappa shape index (κ2) is 8.15. The Morgan fingerprint density at radius 1 is 1.23 bits per heavy atom. The maximum atomic E-state index is 14.0. The molecule has 2 heterocycles. The second-order valence-corrected chi connectivity index (χ2v) is 7.97. The highest BCUT2D eigenvalue weighted by Crippen LogP contribution is 2.27. The summed E-state index contributed by atoms with van der Waals surface area (Å²) in [7, 11) is 3.91. The van der Waals surface area contributed by atoms with E-state index in [1.807, 2.05) is 0 Å². The Morgan fingerprint density at radius 2 is 2.00 bits per heavy atom. The highest BCUT2D eigenvalue weighted by atomic mass is 79.9. The van der Waals surface area contributed by atoms with Gasteiger partial charge >= 0.3 is 0 Å². The molecule has 7 heteroatoms. The minimum atomic E-state index is -0.396. The number of hydrogen-bond donors (Lipinski definition) is 0. The molecule has 3 rings (SSSR count). The lowest BCUT2D eigenvalue weighted by Gasteiger charge is -2.31. The van der Waals surface area contributed by atoms with Crippen LogP contribution in [-0.4, -0.2) is 52.6 Å². The predicted octanol–water partition coefficient (Wildman–Crippen LogP) is 3.31. The lowest BCUT2D eigenvalue weighted by molar-refractivity contribution is 0.181. The first-order valence-corrected chi connectivity index (χ1v) is 10.00. The molecule has 26 heavy (non-hydrogen) atoms.